The normalized spacial score (nSPS) is 10.9. The number of imidazole rings is 1. The second-order valence-electron chi connectivity index (χ2n) is 4.24. The molecule has 0 amide bonds. The molecule has 18 heavy (non-hydrogen) atoms. The maximum Gasteiger partial charge on any atom is 0.182 e. The predicted molar refractivity (Wildman–Crippen MR) is 70.3 cm³/mol. The predicted octanol–water partition coefficient (Wildman–Crippen LogP) is 1.71. The Morgan fingerprint density at radius 3 is 2.78 bits per heavy atom. The first-order valence-corrected chi connectivity index (χ1v) is 6.40. The summed E-state index contributed by atoms with van der Waals surface area (Å²) in [5.74, 6) is 0.813. The van der Waals surface area contributed by atoms with Gasteiger partial charge in [-0.05, 0) is 12.8 Å². The molecule has 0 unspecified atom stereocenters. The number of unbranched alkanes of at least 4 members (excludes halogenated alkanes) is 4. The highest BCUT2D eigenvalue weighted by Gasteiger charge is 2.04. The van der Waals surface area contributed by atoms with Crippen molar-refractivity contribution < 1.29 is 5.11 Å². The van der Waals surface area contributed by atoms with Crippen LogP contribution in [-0.4, -0.2) is 38.2 Å². The van der Waals surface area contributed by atoms with Crippen molar-refractivity contribution >= 4 is 17.0 Å². The van der Waals surface area contributed by atoms with Crippen molar-refractivity contribution in [2.75, 3.05) is 18.5 Å². The van der Waals surface area contributed by atoms with Gasteiger partial charge in [-0.1, -0.05) is 19.3 Å². The molecule has 0 radical (unpaired) electrons. The zero-order valence-corrected chi connectivity index (χ0v) is 10.4. The number of hydrogen-bond donors (Lipinski definition) is 3. The van der Waals surface area contributed by atoms with Crippen molar-refractivity contribution in [1.29, 1.82) is 0 Å². The number of hydrogen-bond acceptors (Lipinski definition) is 5. The van der Waals surface area contributed by atoms with Gasteiger partial charge in [0.15, 0.2) is 11.5 Å². The lowest BCUT2D eigenvalue weighted by Gasteiger charge is -2.05. The van der Waals surface area contributed by atoms with Gasteiger partial charge in [0.2, 0.25) is 0 Å². The van der Waals surface area contributed by atoms with Gasteiger partial charge < -0.3 is 15.4 Å². The van der Waals surface area contributed by atoms with Gasteiger partial charge in [0.1, 0.15) is 11.8 Å². The largest absolute Gasteiger partial charge is 0.396 e. The maximum absolute atomic E-state index is 8.66. The van der Waals surface area contributed by atoms with Crippen LogP contribution < -0.4 is 5.32 Å². The third kappa shape index (κ3) is 3.40. The fourth-order valence-electron chi connectivity index (χ4n) is 1.87. The van der Waals surface area contributed by atoms with Crippen LogP contribution in [0.2, 0.25) is 0 Å². The van der Waals surface area contributed by atoms with Crippen LogP contribution in [0.3, 0.4) is 0 Å². The third-order valence-electron chi connectivity index (χ3n) is 2.85. The van der Waals surface area contributed by atoms with Gasteiger partial charge in [0.25, 0.3) is 0 Å². The Morgan fingerprint density at radius 2 is 1.89 bits per heavy atom. The first-order valence-electron chi connectivity index (χ1n) is 6.40. The van der Waals surface area contributed by atoms with Gasteiger partial charge in [0.05, 0.1) is 6.33 Å². The number of aliphatic hydroxyl groups excluding tert-OH is 1. The van der Waals surface area contributed by atoms with E-state index in [1.807, 2.05) is 0 Å². The maximum atomic E-state index is 8.66. The number of rotatable bonds is 8. The van der Waals surface area contributed by atoms with Gasteiger partial charge in [-0.2, -0.15) is 0 Å². The molecule has 2 rings (SSSR count). The molecule has 0 fully saturated rings. The van der Waals surface area contributed by atoms with Crippen LogP contribution in [0.25, 0.3) is 11.2 Å². The number of nitrogens with zero attached hydrogens (tertiary/aromatic N) is 3. The van der Waals surface area contributed by atoms with Gasteiger partial charge in [-0.3, -0.25) is 0 Å². The summed E-state index contributed by atoms with van der Waals surface area (Å²) in [7, 11) is 0. The number of aromatic nitrogens is 4. The Bertz CT molecular complexity index is 470. The second kappa shape index (κ2) is 6.90. The van der Waals surface area contributed by atoms with E-state index in [1.54, 1.807) is 6.33 Å². The molecular weight excluding hydrogens is 230 g/mol. The van der Waals surface area contributed by atoms with Crippen LogP contribution in [0.15, 0.2) is 12.7 Å². The molecule has 0 bridgehead atoms. The molecular formula is C12H19N5O. The van der Waals surface area contributed by atoms with E-state index in [1.165, 1.54) is 19.2 Å². The Hall–Kier alpha value is -1.69. The minimum Gasteiger partial charge on any atom is -0.396 e. The molecule has 2 heterocycles. The highest BCUT2D eigenvalue weighted by molar-refractivity contribution is 5.81. The molecule has 0 saturated carbocycles. The highest BCUT2D eigenvalue weighted by atomic mass is 16.2. The van der Waals surface area contributed by atoms with Gasteiger partial charge in [-0.25, -0.2) is 15.0 Å². The lowest BCUT2D eigenvalue weighted by atomic mass is 10.1. The number of fused-ring (bicyclic) bond motifs is 1. The molecule has 3 N–H and O–H groups in total. The number of anilines is 1. The van der Waals surface area contributed by atoms with E-state index >= 15 is 0 Å². The average molecular weight is 249 g/mol. The standard InChI is InChI=1S/C12H19N5O/c18-7-5-3-1-2-4-6-13-11-10-12(15-8-14-10)17-9-16-11/h8-9,18H,1-7H2,(H2,13,14,15,16,17). The summed E-state index contributed by atoms with van der Waals surface area (Å²) in [6, 6.07) is 0. The number of aromatic amines is 1. The van der Waals surface area contributed by atoms with Crippen LogP contribution in [-0.2, 0) is 0 Å². The van der Waals surface area contributed by atoms with E-state index in [2.05, 4.69) is 25.3 Å². The summed E-state index contributed by atoms with van der Waals surface area (Å²) < 4.78 is 0. The Labute approximate surface area is 106 Å². The molecule has 0 spiro atoms. The van der Waals surface area contributed by atoms with E-state index in [0.717, 1.165) is 37.1 Å². The molecule has 98 valence electrons. The molecule has 6 nitrogen and oxygen atoms in total. The monoisotopic (exact) mass is 249 g/mol. The van der Waals surface area contributed by atoms with Gasteiger partial charge in [-0.15, -0.1) is 0 Å². The first-order chi connectivity index (χ1) is 8.92. The molecule has 0 aliphatic heterocycles. The van der Waals surface area contributed by atoms with Crippen LogP contribution in [0.4, 0.5) is 5.82 Å². The molecule has 0 atom stereocenters. The molecule has 0 aliphatic carbocycles. The van der Waals surface area contributed by atoms with Crippen molar-refractivity contribution in [2.24, 2.45) is 0 Å². The summed E-state index contributed by atoms with van der Waals surface area (Å²) in [5, 5.41) is 12.0. The zero-order valence-electron chi connectivity index (χ0n) is 10.4. The molecule has 0 aliphatic rings. The third-order valence-corrected chi connectivity index (χ3v) is 2.85. The summed E-state index contributed by atoms with van der Waals surface area (Å²) in [5.41, 5.74) is 1.55. The van der Waals surface area contributed by atoms with Crippen LogP contribution in [0, 0.1) is 0 Å². The highest BCUT2D eigenvalue weighted by Crippen LogP contribution is 2.14. The van der Waals surface area contributed by atoms with Gasteiger partial charge in [0, 0.05) is 13.2 Å². The van der Waals surface area contributed by atoms with Crippen LogP contribution in [0.5, 0.6) is 0 Å². The van der Waals surface area contributed by atoms with Crippen LogP contribution >= 0.6 is 0 Å². The molecule has 0 aromatic carbocycles. The van der Waals surface area contributed by atoms with Crippen molar-refractivity contribution in [3.8, 4) is 0 Å². The Kier molecular flexibility index (Phi) is 4.89. The van der Waals surface area contributed by atoms with E-state index in [0.29, 0.717) is 12.3 Å². The van der Waals surface area contributed by atoms with Crippen molar-refractivity contribution in [2.45, 2.75) is 32.1 Å². The number of H-pyrrole nitrogens is 1. The van der Waals surface area contributed by atoms with Gasteiger partial charge >= 0.3 is 0 Å². The van der Waals surface area contributed by atoms with Crippen LogP contribution in [0.1, 0.15) is 32.1 Å². The summed E-state index contributed by atoms with van der Waals surface area (Å²) in [6.07, 6.45) is 8.61. The molecule has 6 heteroatoms. The fraction of sp³-hybridized carbons (Fsp3) is 0.583. The Morgan fingerprint density at radius 1 is 1.06 bits per heavy atom. The summed E-state index contributed by atoms with van der Waals surface area (Å²) in [6.45, 7) is 1.20. The average Bonchev–Trinajstić information content (AvgIpc) is 2.86. The van der Waals surface area contributed by atoms with Crippen molar-refractivity contribution in [3.63, 3.8) is 0 Å². The van der Waals surface area contributed by atoms with E-state index in [4.69, 9.17) is 5.11 Å². The zero-order chi connectivity index (χ0) is 12.6. The number of nitrogens with one attached hydrogen (secondary N) is 2. The lowest BCUT2D eigenvalue weighted by molar-refractivity contribution is 0.282. The molecule has 0 saturated heterocycles. The molecule has 2 aromatic rings. The SMILES string of the molecule is OCCCCCCCNc1ncnc2nc[nH]c12. The Balaban J connectivity index is 1.72. The minimum atomic E-state index is 0.303. The quantitative estimate of drug-likeness (QED) is 0.620. The minimum absolute atomic E-state index is 0.303. The topological polar surface area (TPSA) is 86.7 Å². The van der Waals surface area contributed by atoms with Crippen molar-refractivity contribution in [3.05, 3.63) is 12.7 Å². The summed E-state index contributed by atoms with van der Waals surface area (Å²) >= 11 is 0. The number of aliphatic hydroxyl groups is 1. The van der Waals surface area contributed by atoms with E-state index in [9.17, 15) is 0 Å². The van der Waals surface area contributed by atoms with E-state index < -0.39 is 0 Å². The first kappa shape index (κ1) is 12.8. The fourth-order valence-corrected chi connectivity index (χ4v) is 1.87. The smallest absolute Gasteiger partial charge is 0.182 e. The molecule has 2 aromatic heterocycles. The summed E-state index contributed by atoms with van der Waals surface area (Å²) in [4.78, 5) is 15.4. The van der Waals surface area contributed by atoms with E-state index in [-0.39, 0.29) is 0 Å². The second-order valence-corrected chi connectivity index (χ2v) is 4.24. The van der Waals surface area contributed by atoms with Crippen molar-refractivity contribution in [1.82, 2.24) is 19.9 Å². The lowest BCUT2D eigenvalue weighted by Crippen LogP contribution is -2.04.